The van der Waals surface area contributed by atoms with E-state index in [-0.39, 0.29) is 35.9 Å². The number of hydrogen-bond donors (Lipinski definition) is 2. The Hall–Kier alpha value is -1.17. The van der Waals surface area contributed by atoms with E-state index >= 15 is 0 Å². The van der Waals surface area contributed by atoms with Crippen molar-refractivity contribution in [2.75, 3.05) is 20.3 Å². The fraction of sp³-hybridized carbons (Fsp3) is 0.762. The van der Waals surface area contributed by atoms with Gasteiger partial charge in [0.15, 0.2) is 0 Å². The topological polar surface area (TPSA) is 76.0 Å². The fourth-order valence-electron chi connectivity index (χ4n) is 5.84. The van der Waals surface area contributed by atoms with Crippen molar-refractivity contribution < 1.29 is 24.5 Å². The number of hydrogen-bond acceptors (Lipinski definition) is 5. The van der Waals surface area contributed by atoms with Crippen LogP contribution in [0.15, 0.2) is 23.8 Å². The van der Waals surface area contributed by atoms with Crippen LogP contribution >= 0.6 is 0 Å². The van der Waals surface area contributed by atoms with Crippen LogP contribution in [0, 0.1) is 22.7 Å². The highest BCUT2D eigenvalue weighted by molar-refractivity contribution is 5.91. The predicted octanol–water partition coefficient (Wildman–Crippen LogP) is 2.62. The van der Waals surface area contributed by atoms with Crippen LogP contribution in [0.5, 0.6) is 0 Å². The van der Waals surface area contributed by atoms with Crippen molar-refractivity contribution in [3.63, 3.8) is 0 Å². The molecular weight excluding hydrogens is 332 g/mol. The first-order chi connectivity index (χ1) is 12.3. The molecule has 0 spiro atoms. The van der Waals surface area contributed by atoms with E-state index in [1.54, 1.807) is 7.11 Å². The Morgan fingerprint density at radius 3 is 2.73 bits per heavy atom. The van der Waals surface area contributed by atoms with Crippen LogP contribution in [-0.2, 0) is 14.3 Å². The molecule has 1 aliphatic heterocycles. The second-order valence-electron chi connectivity index (χ2n) is 8.74. The summed E-state index contributed by atoms with van der Waals surface area (Å²) < 4.78 is 10.7. The molecule has 0 amide bonds. The monoisotopic (exact) mass is 364 g/mol. The quantitative estimate of drug-likeness (QED) is 0.579. The highest BCUT2D eigenvalue weighted by Gasteiger charge is 2.58. The molecule has 2 saturated carbocycles. The molecule has 2 N–H and O–H groups in total. The number of carbonyl (C=O) groups excluding carboxylic acids is 1. The Morgan fingerprint density at radius 1 is 1.42 bits per heavy atom. The van der Waals surface area contributed by atoms with E-state index in [4.69, 9.17) is 9.47 Å². The van der Waals surface area contributed by atoms with Crippen LogP contribution in [0.25, 0.3) is 0 Å². The fourth-order valence-corrected chi connectivity index (χ4v) is 5.84. The second kappa shape index (κ2) is 7.10. The standard InChI is InChI=1S/C21H32O5/c1-13-5-6-17-20(2,9-7-18(23)21(17,3)12-22)15(13)11-16(25-4)14-8-10-26-19(14)24/h8,15-18,22-23H,1,5-7,9-12H2,2-4H3/t15-,16?,17?,18-,20+,21+/m1/s1. The third-order valence-corrected chi connectivity index (χ3v) is 7.53. The molecule has 5 nitrogen and oxygen atoms in total. The Bertz CT molecular complexity index is 612. The van der Waals surface area contributed by atoms with Gasteiger partial charge in [0.2, 0.25) is 0 Å². The van der Waals surface area contributed by atoms with Crippen molar-refractivity contribution in [2.24, 2.45) is 22.7 Å². The lowest BCUT2D eigenvalue weighted by atomic mass is 9.46. The molecule has 6 atom stereocenters. The zero-order valence-electron chi connectivity index (χ0n) is 16.2. The number of fused-ring (bicyclic) bond motifs is 1. The Balaban J connectivity index is 1.90. The molecule has 0 aromatic rings. The lowest BCUT2D eigenvalue weighted by Crippen LogP contribution is -2.57. The zero-order chi connectivity index (χ0) is 19.1. The maximum Gasteiger partial charge on any atom is 0.336 e. The van der Waals surface area contributed by atoms with Gasteiger partial charge in [-0.25, -0.2) is 4.79 Å². The molecule has 0 bridgehead atoms. The summed E-state index contributed by atoms with van der Waals surface area (Å²) in [4.78, 5) is 12.0. The molecule has 146 valence electrons. The molecule has 2 aliphatic carbocycles. The van der Waals surface area contributed by atoms with Gasteiger partial charge in [-0.1, -0.05) is 26.0 Å². The highest BCUT2D eigenvalue weighted by atomic mass is 16.5. The summed E-state index contributed by atoms with van der Waals surface area (Å²) in [7, 11) is 1.63. The van der Waals surface area contributed by atoms with Gasteiger partial charge < -0.3 is 19.7 Å². The molecule has 2 unspecified atom stereocenters. The van der Waals surface area contributed by atoms with E-state index in [1.807, 2.05) is 13.0 Å². The first kappa shape index (κ1) is 19.6. The van der Waals surface area contributed by atoms with Gasteiger partial charge in [-0.05, 0) is 55.4 Å². The van der Waals surface area contributed by atoms with Gasteiger partial charge in [0.1, 0.15) is 6.61 Å². The van der Waals surface area contributed by atoms with Gasteiger partial charge in [-0.3, -0.25) is 0 Å². The molecule has 0 aromatic heterocycles. The molecule has 3 aliphatic rings. The third kappa shape index (κ3) is 2.94. The summed E-state index contributed by atoms with van der Waals surface area (Å²) in [5, 5.41) is 20.7. The number of aliphatic hydroxyl groups is 2. The number of methoxy groups -OCH3 is 1. The number of carbonyl (C=O) groups is 1. The number of cyclic esters (lactones) is 1. The number of aliphatic hydroxyl groups excluding tert-OH is 2. The molecule has 2 fully saturated rings. The molecular formula is C21H32O5. The maximum atomic E-state index is 12.0. The average molecular weight is 364 g/mol. The average Bonchev–Trinajstić information content (AvgIpc) is 3.04. The Morgan fingerprint density at radius 2 is 2.15 bits per heavy atom. The summed E-state index contributed by atoms with van der Waals surface area (Å²) >= 11 is 0. The van der Waals surface area contributed by atoms with Crippen molar-refractivity contribution in [1.82, 2.24) is 0 Å². The molecule has 5 heteroatoms. The molecule has 1 heterocycles. The maximum absolute atomic E-state index is 12.0. The van der Waals surface area contributed by atoms with E-state index in [1.165, 1.54) is 5.57 Å². The molecule has 26 heavy (non-hydrogen) atoms. The largest absolute Gasteiger partial charge is 0.458 e. The SMILES string of the molecule is C=C1CCC2[C@](C)(CO)[C@H](O)CC[C@@]2(C)[C@@H]1CC(OC)C1=CCOC1=O. The first-order valence-electron chi connectivity index (χ1n) is 9.64. The van der Waals surface area contributed by atoms with Gasteiger partial charge in [-0.2, -0.15) is 0 Å². The number of ether oxygens (including phenoxy) is 2. The van der Waals surface area contributed by atoms with Crippen LogP contribution < -0.4 is 0 Å². The van der Waals surface area contributed by atoms with Crippen molar-refractivity contribution in [3.05, 3.63) is 23.8 Å². The summed E-state index contributed by atoms with van der Waals surface area (Å²) in [5.41, 5.74) is 1.22. The van der Waals surface area contributed by atoms with E-state index in [0.717, 1.165) is 19.3 Å². The minimum absolute atomic E-state index is 0.0151. The minimum atomic E-state index is -0.500. The summed E-state index contributed by atoms with van der Waals surface area (Å²) in [6, 6.07) is 0. The molecule has 0 radical (unpaired) electrons. The zero-order valence-corrected chi connectivity index (χ0v) is 16.2. The van der Waals surface area contributed by atoms with Gasteiger partial charge in [0.25, 0.3) is 0 Å². The van der Waals surface area contributed by atoms with Crippen molar-refractivity contribution in [3.8, 4) is 0 Å². The van der Waals surface area contributed by atoms with Crippen LogP contribution in [0.1, 0.15) is 46.0 Å². The molecule has 0 saturated heterocycles. The van der Waals surface area contributed by atoms with Gasteiger partial charge >= 0.3 is 5.97 Å². The number of rotatable bonds is 5. The third-order valence-electron chi connectivity index (χ3n) is 7.53. The minimum Gasteiger partial charge on any atom is -0.458 e. The van der Waals surface area contributed by atoms with Crippen LogP contribution in [0.2, 0.25) is 0 Å². The van der Waals surface area contributed by atoms with Crippen LogP contribution in [-0.4, -0.2) is 48.7 Å². The van der Waals surface area contributed by atoms with Crippen LogP contribution in [0.3, 0.4) is 0 Å². The highest BCUT2D eigenvalue weighted by Crippen LogP contribution is 2.62. The lowest BCUT2D eigenvalue weighted by molar-refractivity contribution is -0.155. The normalized spacial score (nSPS) is 41.4. The molecule has 3 rings (SSSR count). The van der Waals surface area contributed by atoms with E-state index < -0.39 is 11.5 Å². The number of esters is 1. The van der Waals surface area contributed by atoms with Gasteiger partial charge in [0, 0.05) is 12.5 Å². The smallest absolute Gasteiger partial charge is 0.336 e. The van der Waals surface area contributed by atoms with Gasteiger partial charge in [0.05, 0.1) is 24.4 Å². The summed E-state index contributed by atoms with van der Waals surface area (Å²) in [6.07, 6.45) is 5.08. The Kier molecular flexibility index (Phi) is 5.35. The molecule has 0 aromatic carbocycles. The van der Waals surface area contributed by atoms with E-state index in [2.05, 4.69) is 13.5 Å². The Labute approximate surface area is 156 Å². The van der Waals surface area contributed by atoms with Crippen molar-refractivity contribution in [1.29, 1.82) is 0 Å². The summed E-state index contributed by atoms with van der Waals surface area (Å²) in [5.74, 6) is 0.0966. The van der Waals surface area contributed by atoms with E-state index in [0.29, 0.717) is 25.0 Å². The second-order valence-corrected chi connectivity index (χ2v) is 8.74. The lowest BCUT2D eigenvalue weighted by Gasteiger charge is -2.60. The van der Waals surface area contributed by atoms with E-state index in [9.17, 15) is 15.0 Å². The predicted molar refractivity (Wildman–Crippen MR) is 98.4 cm³/mol. The number of allylic oxidation sites excluding steroid dienone is 1. The van der Waals surface area contributed by atoms with Gasteiger partial charge in [-0.15, -0.1) is 0 Å². The first-order valence-corrected chi connectivity index (χ1v) is 9.64. The summed E-state index contributed by atoms with van der Waals surface area (Å²) in [6.45, 7) is 8.91. The van der Waals surface area contributed by atoms with Crippen LogP contribution in [0.4, 0.5) is 0 Å². The van der Waals surface area contributed by atoms with Crippen molar-refractivity contribution >= 4 is 5.97 Å². The van der Waals surface area contributed by atoms with Crippen molar-refractivity contribution in [2.45, 2.75) is 58.2 Å².